The average molecular weight is 195 g/mol. The minimum Gasteiger partial charge on any atom is -0.262 e. The first-order valence-corrected chi connectivity index (χ1v) is 3.44. The number of carbonyl (C=O) groups is 1. The SMILES string of the molecule is Fc1ccccc1.O=C(Cl)Cl. The van der Waals surface area contributed by atoms with Crippen molar-refractivity contribution in [1.82, 2.24) is 0 Å². The Morgan fingerprint density at radius 2 is 1.55 bits per heavy atom. The molecule has 0 aliphatic heterocycles. The Morgan fingerprint density at radius 1 is 1.18 bits per heavy atom. The van der Waals surface area contributed by atoms with Gasteiger partial charge >= 0.3 is 4.70 Å². The summed E-state index contributed by atoms with van der Waals surface area (Å²) in [4.78, 5) is 8.98. The van der Waals surface area contributed by atoms with Gasteiger partial charge in [-0.2, -0.15) is 0 Å². The summed E-state index contributed by atoms with van der Waals surface area (Å²) < 4.78 is 11.0. The second-order valence-corrected chi connectivity index (χ2v) is 2.40. The van der Waals surface area contributed by atoms with E-state index in [0.29, 0.717) is 0 Å². The highest BCUT2D eigenvalue weighted by Gasteiger charge is 1.77. The summed E-state index contributed by atoms with van der Waals surface area (Å²) in [5.41, 5.74) is 0. The molecule has 0 aliphatic carbocycles. The van der Waals surface area contributed by atoms with Gasteiger partial charge in [-0.15, -0.1) is 0 Å². The molecule has 0 aromatic heterocycles. The summed E-state index contributed by atoms with van der Waals surface area (Å²) in [6.07, 6.45) is 0. The highest BCUT2D eigenvalue weighted by Crippen LogP contribution is 1.91. The van der Waals surface area contributed by atoms with Crippen LogP contribution in [0.25, 0.3) is 0 Å². The van der Waals surface area contributed by atoms with Crippen LogP contribution in [-0.4, -0.2) is 4.70 Å². The highest BCUT2D eigenvalue weighted by atomic mass is 35.5. The molecule has 0 fully saturated rings. The average Bonchev–Trinajstić information content (AvgIpc) is 1.87. The first-order valence-electron chi connectivity index (χ1n) is 2.68. The fourth-order valence-corrected chi connectivity index (χ4v) is 0.415. The monoisotopic (exact) mass is 194 g/mol. The standard InChI is InChI=1S/C6H5F.CCl2O/c7-6-4-2-1-3-5-6;2-1(3)4/h1-5H;. The Labute approximate surface area is 73.7 Å². The van der Waals surface area contributed by atoms with Gasteiger partial charge in [-0.25, -0.2) is 4.39 Å². The molecule has 0 heterocycles. The zero-order valence-electron chi connectivity index (χ0n) is 5.43. The van der Waals surface area contributed by atoms with E-state index in [1.807, 2.05) is 0 Å². The van der Waals surface area contributed by atoms with Gasteiger partial charge in [0.25, 0.3) is 0 Å². The largest absolute Gasteiger partial charge is 0.313 e. The lowest BCUT2D eigenvalue weighted by atomic mass is 10.4. The second kappa shape index (κ2) is 6.13. The van der Waals surface area contributed by atoms with Crippen LogP contribution in [0.5, 0.6) is 0 Å². The molecule has 0 radical (unpaired) electrons. The minimum absolute atomic E-state index is 0.178. The summed E-state index contributed by atoms with van der Waals surface area (Å²) in [6, 6.07) is 7.94. The molecule has 11 heavy (non-hydrogen) atoms. The third-order valence-electron chi connectivity index (χ3n) is 0.733. The van der Waals surface area contributed by atoms with Gasteiger partial charge in [0.1, 0.15) is 5.82 Å². The molecule has 1 rings (SSSR count). The smallest absolute Gasteiger partial charge is 0.262 e. The third-order valence-corrected chi connectivity index (χ3v) is 0.733. The molecular formula is C7H5Cl2FO. The maximum Gasteiger partial charge on any atom is 0.313 e. The number of benzene rings is 1. The van der Waals surface area contributed by atoms with Crippen molar-refractivity contribution in [2.45, 2.75) is 0 Å². The van der Waals surface area contributed by atoms with Crippen LogP contribution in [-0.2, 0) is 0 Å². The fraction of sp³-hybridized carbons (Fsp3) is 0. The molecule has 1 nitrogen and oxygen atoms in total. The molecule has 0 bridgehead atoms. The van der Waals surface area contributed by atoms with Gasteiger partial charge in [-0.1, -0.05) is 18.2 Å². The van der Waals surface area contributed by atoms with Crippen LogP contribution >= 0.6 is 23.2 Å². The lowest BCUT2D eigenvalue weighted by Crippen LogP contribution is -1.63. The van der Waals surface area contributed by atoms with Crippen molar-refractivity contribution in [3.05, 3.63) is 36.1 Å². The zero-order chi connectivity index (χ0) is 8.69. The molecule has 0 atom stereocenters. The van der Waals surface area contributed by atoms with E-state index in [-0.39, 0.29) is 5.82 Å². The Hall–Kier alpha value is -0.600. The van der Waals surface area contributed by atoms with Crippen molar-refractivity contribution >= 4 is 27.9 Å². The molecule has 1 aromatic carbocycles. The van der Waals surface area contributed by atoms with E-state index in [9.17, 15) is 4.39 Å². The van der Waals surface area contributed by atoms with Crippen LogP contribution < -0.4 is 0 Å². The molecule has 0 N–H and O–H groups in total. The van der Waals surface area contributed by atoms with Crippen molar-refractivity contribution in [2.75, 3.05) is 0 Å². The zero-order valence-corrected chi connectivity index (χ0v) is 6.94. The molecule has 0 amide bonds. The van der Waals surface area contributed by atoms with E-state index >= 15 is 0 Å². The number of carbonyl (C=O) groups excluding carboxylic acids is 1. The van der Waals surface area contributed by atoms with E-state index in [1.165, 1.54) is 12.1 Å². The molecule has 0 unspecified atom stereocenters. The van der Waals surface area contributed by atoms with Gasteiger partial charge in [0, 0.05) is 0 Å². The Balaban J connectivity index is 0.000000218. The van der Waals surface area contributed by atoms with Gasteiger partial charge in [-0.05, 0) is 35.3 Å². The number of halogens is 3. The number of rotatable bonds is 0. The summed E-state index contributed by atoms with van der Waals surface area (Å²) in [6.45, 7) is 0. The van der Waals surface area contributed by atoms with E-state index in [0.717, 1.165) is 0 Å². The molecule has 1 aromatic rings. The molecule has 0 saturated carbocycles. The number of hydrogen-bond donors (Lipinski definition) is 0. The summed E-state index contributed by atoms with van der Waals surface area (Å²) >= 11 is 8.80. The normalized spacial score (nSPS) is 7.91. The van der Waals surface area contributed by atoms with Crippen molar-refractivity contribution in [1.29, 1.82) is 0 Å². The van der Waals surface area contributed by atoms with Gasteiger partial charge in [0.15, 0.2) is 0 Å². The summed E-state index contributed by atoms with van der Waals surface area (Å²) in [7, 11) is 0. The Bertz CT molecular complexity index is 209. The maximum absolute atomic E-state index is 11.9. The first kappa shape index (κ1) is 10.4. The van der Waals surface area contributed by atoms with E-state index in [4.69, 9.17) is 4.79 Å². The topological polar surface area (TPSA) is 17.1 Å². The van der Waals surface area contributed by atoms with Gasteiger partial charge in [0.2, 0.25) is 0 Å². The lowest BCUT2D eigenvalue weighted by molar-refractivity contribution is 0.275. The van der Waals surface area contributed by atoms with Crippen LogP contribution in [0.4, 0.5) is 9.18 Å². The Kier molecular flexibility index (Phi) is 5.80. The van der Waals surface area contributed by atoms with E-state index in [1.54, 1.807) is 18.2 Å². The lowest BCUT2D eigenvalue weighted by Gasteiger charge is -1.78. The second-order valence-electron chi connectivity index (χ2n) is 1.52. The molecule has 0 spiro atoms. The maximum atomic E-state index is 11.9. The van der Waals surface area contributed by atoms with Crippen LogP contribution in [0.1, 0.15) is 0 Å². The van der Waals surface area contributed by atoms with Crippen molar-refractivity contribution in [3.8, 4) is 0 Å². The molecular weight excluding hydrogens is 190 g/mol. The van der Waals surface area contributed by atoms with Crippen molar-refractivity contribution < 1.29 is 9.18 Å². The van der Waals surface area contributed by atoms with Gasteiger partial charge in [-0.3, -0.25) is 4.79 Å². The Morgan fingerprint density at radius 3 is 1.73 bits per heavy atom. The molecule has 0 aliphatic rings. The quantitative estimate of drug-likeness (QED) is 0.579. The number of hydrogen-bond acceptors (Lipinski definition) is 1. The van der Waals surface area contributed by atoms with E-state index < -0.39 is 4.70 Å². The van der Waals surface area contributed by atoms with Crippen LogP contribution in [0, 0.1) is 5.82 Å². The minimum atomic E-state index is -0.889. The summed E-state index contributed by atoms with van der Waals surface area (Å²) in [5.74, 6) is -0.178. The summed E-state index contributed by atoms with van der Waals surface area (Å²) in [5, 5.41) is 0. The van der Waals surface area contributed by atoms with Gasteiger partial charge < -0.3 is 0 Å². The predicted molar refractivity (Wildman–Crippen MR) is 43.5 cm³/mol. The first-order chi connectivity index (χ1) is 5.13. The molecule has 60 valence electrons. The van der Waals surface area contributed by atoms with Crippen LogP contribution in [0.2, 0.25) is 0 Å². The van der Waals surface area contributed by atoms with Crippen LogP contribution in [0.3, 0.4) is 0 Å². The van der Waals surface area contributed by atoms with Crippen molar-refractivity contribution in [2.24, 2.45) is 0 Å². The van der Waals surface area contributed by atoms with E-state index in [2.05, 4.69) is 23.2 Å². The predicted octanol–water partition coefficient (Wildman–Crippen LogP) is 3.41. The fourth-order valence-electron chi connectivity index (χ4n) is 0.415. The molecule has 4 heteroatoms. The highest BCUT2D eigenvalue weighted by molar-refractivity contribution is 6.93. The molecule has 0 saturated heterocycles. The van der Waals surface area contributed by atoms with Crippen molar-refractivity contribution in [3.63, 3.8) is 0 Å². The van der Waals surface area contributed by atoms with Crippen LogP contribution in [0.15, 0.2) is 30.3 Å². The third kappa shape index (κ3) is 9.40. The van der Waals surface area contributed by atoms with Gasteiger partial charge in [0.05, 0.1) is 0 Å².